The third-order valence-corrected chi connectivity index (χ3v) is 5.09. The molecular formula is C18H24N4O3. The molecule has 1 aromatic rings. The first kappa shape index (κ1) is 17.4. The second-order valence-corrected chi connectivity index (χ2v) is 6.94. The summed E-state index contributed by atoms with van der Waals surface area (Å²) in [5.74, 6) is -0.0914. The standard InChI is InChI=1S/C18H24N4O3/c1-4-6-14-19-12(3)8-15(20-14)22-9-13-16(23)21(7-5-2)10-18(13,11-22)17(24)25/h5,8,13H,2,4,6-7,9-11H2,1,3H3,(H,24,25)/t13-,18+/m0/s1. The summed E-state index contributed by atoms with van der Waals surface area (Å²) < 4.78 is 0. The molecule has 1 amide bonds. The van der Waals surface area contributed by atoms with Crippen molar-refractivity contribution in [3.63, 3.8) is 0 Å². The number of aryl methyl sites for hydroxylation is 2. The molecule has 3 heterocycles. The summed E-state index contributed by atoms with van der Waals surface area (Å²) in [6.45, 7) is 8.90. The van der Waals surface area contributed by atoms with Gasteiger partial charge in [0, 0.05) is 44.4 Å². The molecule has 2 aliphatic heterocycles. The van der Waals surface area contributed by atoms with Crippen LogP contribution in [0.2, 0.25) is 0 Å². The molecule has 2 saturated heterocycles. The number of carbonyl (C=O) groups excluding carboxylic acids is 1. The summed E-state index contributed by atoms with van der Waals surface area (Å²) in [6, 6.07) is 1.86. The van der Waals surface area contributed by atoms with E-state index < -0.39 is 17.3 Å². The van der Waals surface area contributed by atoms with Gasteiger partial charge in [-0.15, -0.1) is 6.58 Å². The summed E-state index contributed by atoms with van der Waals surface area (Å²) in [6.07, 6.45) is 3.36. The van der Waals surface area contributed by atoms with Gasteiger partial charge >= 0.3 is 5.97 Å². The first-order valence-corrected chi connectivity index (χ1v) is 8.64. The van der Waals surface area contributed by atoms with Gasteiger partial charge in [0.25, 0.3) is 0 Å². The van der Waals surface area contributed by atoms with Crippen LogP contribution in [0.3, 0.4) is 0 Å². The minimum absolute atomic E-state index is 0.107. The SMILES string of the molecule is C=CCN1C[C@@]2(C(=O)O)CN(c3cc(C)nc(CCC)n3)C[C@H]2C1=O. The van der Waals surface area contributed by atoms with E-state index in [9.17, 15) is 14.7 Å². The number of nitrogens with zero attached hydrogens (tertiary/aromatic N) is 4. The van der Waals surface area contributed by atoms with E-state index in [4.69, 9.17) is 0 Å². The van der Waals surface area contributed by atoms with E-state index in [0.29, 0.717) is 18.9 Å². The van der Waals surface area contributed by atoms with Crippen molar-refractivity contribution in [2.75, 3.05) is 31.1 Å². The van der Waals surface area contributed by atoms with E-state index in [2.05, 4.69) is 23.5 Å². The molecule has 2 fully saturated rings. The number of carbonyl (C=O) groups is 2. The van der Waals surface area contributed by atoms with Gasteiger partial charge in [-0.2, -0.15) is 0 Å². The van der Waals surface area contributed by atoms with E-state index >= 15 is 0 Å². The van der Waals surface area contributed by atoms with Crippen molar-refractivity contribution in [3.05, 3.63) is 30.2 Å². The highest BCUT2D eigenvalue weighted by atomic mass is 16.4. The molecule has 2 aliphatic rings. The predicted octanol–water partition coefficient (Wildman–Crippen LogP) is 1.27. The van der Waals surface area contributed by atoms with Crippen LogP contribution in [0.25, 0.3) is 0 Å². The molecule has 0 aromatic carbocycles. The second kappa shape index (κ2) is 6.46. The highest BCUT2D eigenvalue weighted by molar-refractivity contribution is 5.93. The number of aromatic nitrogens is 2. The number of anilines is 1. The zero-order valence-corrected chi connectivity index (χ0v) is 14.7. The number of likely N-dealkylation sites (tertiary alicyclic amines) is 1. The molecule has 7 heteroatoms. The average Bonchev–Trinajstić information content (AvgIpc) is 3.05. The van der Waals surface area contributed by atoms with Gasteiger partial charge in [-0.1, -0.05) is 13.0 Å². The van der Waals surface area contributed by atoms with Crippen LogP contribution in [0.4, 0.5) is 5.82 Å². The minimum atomic E-state index is -1.08. The van der Waals surface area contributed by atoms with Crippen molar-refractivity contribution in [2.24, 2.45) is 11.3 Å². The first-order valence-electron chi connectivity index (χ1n) is 8.64. The Bertz CT molecular complexity index is 720. The molecule has 0 spiro atoms. The second-order valence-electron chi connectivity index (χ2n) is 6.94. The van der Waals surface area contributed by atoms with Gasteiger partial charge in [0.15, 0.2) is 0 Å². The van der Waals surface area contributed by atoms with Crippen molar-refractivity contribution in [3.8, 4) is 0 Å². The molecule has 1 N–H and O–H groups in total. The van der Waals surface area contributed by atoms with E-state index in [1.54, 1.807) is 11.0 Å². The van der Waals surface area contributed by atoms with E-state index in [1.165, 1.54) is 0 Å². The summed E-state index contributed by atoms with van der Waals surface area (Å²) in [5, 5.41) is 9.87. The zero-order chi connectivity index (χ0) is 18.2. The predicted molar refractivity (Wildman–Crippen MR) is 93.3 cm³/mol. The van der Waals surface area contributed by atoms with Crippen molar-refractivity contribution in [1.29, 1.82) is 0 Å². The van der Waals surface area contributed by atoms with Crippen molar-refractivity contribution in [1.82, 2.24) is 14.9 Å². The molecule has 2 atom stereocenters. The lowest BCUT2D eigenvalue weighted by atomic mass is 9.81. The Hall–Kier alpha value is -2.44. The molecule has 0 bridgehead atoms. The molecule has 1 aromatic heterocycles. The lowest BCUT2D eigenvalue weighted by Crippen LogP contribution is -2.41. The fourth-order valence-corrected chi connectivity index (χ4v) is 3.90. The molecule has 7 nitrogen and oxygen atoms in total. The van der Waals surface area contributed by atoms with E-state index in [-0.39, 0.29) is 19.0 Å². The number of aliphatic carboxylic acids is 1. The fraction of sp³-hybridized carbons (Fsp3) is 0.556. The maximum Gasteiger partial charge on any atom is 0.314 e. The van der Waals surface area contributed by atoms with Crippen LogP contribution in [-0.4, -0.2) is 58.0 Å². The molecule has 134 valence electrons. The monoisotopic (exact) mass is 344 g/mol. The fourth-order valence-electron chi connectivity index (χ4n) is 3.90. The summed E-state index contributed by atoms with van der Waals surface area (Å²) in [4.78, 5) is 37.2. The van der Waals surface area contributed by atoms with Crippen molar-refractivity contribution in [2.45, 2.75) is 26.7 Å². The highest BCUT2D eigenvalue weighted by Crippen LogP contribution is 2.44. The summed E-state index contributed by atoms with van der Waals surface area (Å²) >= 11 is 0. The Balaban J connectivity index is 1.91. The number of hydrogen-bond donors (Lipinski definition) is 1. The highest BCUT2D eigenvalue weighted by Gasteiger charge is 2.62. The number of hydrogen-bond acceptors (Lipinski definition) is 5. The van der Waals surface area contributed by atoms with Crippen LogP contribution >= 0.6 is 0 Å². The molecule has 3 rings (SSSR count). The van der Waals surface area contributed by atoms with Crippen molar-refractivity contribution >= 4 is 17.7 Å². The van der Waals surface area contributed by atoms with Crippen LogP contribution in [0.1, 0.15) is 24.9 Å². The van der Waals surface area contributed by atoms with Crippen LogP contribution < -0.4 is 4.90 Å². The third kappa shape index (κ3) is 2.88. The lowest BCUT2D eigenvalue weighted by molar-refractivity contribution is -0.149. The number of carboxylic acids is 1. The van der Waals surface area contributed by atoms with Gasteiger partial charge in [-0.3, -0.25) is 9.59 Å². The number of rotatable bonds is 6. The maximum atomic E-state index is 12.7. The van der Waals surface area contributed by atoms with Crippen molar-refractivity contribution < 1.29 is 14.7 Å². The molecule has 0 saturated carbocycles. The maximum absolute atomic E-state index is 12.7. The average molecular weight is 344 g/mol. The molecule has 0 unspecified atom stereocenters. The Labute approximate surface area is 147 Å². The van der Waals surface area contributed by atoms with Crippen LogP contribution in [-0.2, 0) is 16.0 Å². The topological polar surface area (TPSA) is 86.6 Å². The van der Waals surface area contributed by atoms with Gasteiger partial charge in [0.2, 0.25) is 5.91 Å². The number of carboxylic acid groups (broad SMARTS) is 1. The summed E-state index contributed by atoms with van der Waals surface area (Å²) in [7, 11) is 0. The summed E-state index contributed by atoms with van der Waals surface area (Å²) in [5.41, 5.74) is -0.223. The normalized spacial score (nSPS) is 25.4. The number of fused-ring (bicyclic) bond motifs is 1. The van der Waals surface area contributed by atoms with Gasteiger partial charge in [-0.05, 0) is 13.3 Å². The largest absolute Gasteiger partial charge is 0.481 e. The quantitative estimate of drug-likeness (QED) is 0.782. The number of amides is 1. The minimum Gasteiger partial charge on any atom is -0.481 e. The first-order chi connectivity index (χ1) is 11.9. The van der Waals surface area contributed by atoms with E-state index in [1.807, 2.05) is 17.9 Å². The van der Waals surface area contributed by atoms with Crippen LogP contribution in [0.5, 0.6) is 0 Å². The van der Waals surface area contributed by atoms with Gasteiger partial charge in [-0.25, -0.2) is 9.97 Å². The van der Waals surface area contributed by atoms with Crippen LogP contribution in [0, 0.1) is 18.3 Å². The van der Waals surface area contributed by atoms with Gasteiger partial charge in [0.1, 0.15) is 17.1 Å². The van der Waals surface area contributed by atoms with Gasteiger partial charge < -0.3 is 14.9 Å². The smallest absolute Gasteiger partial charge is 0.314 e. The Morgan fingerprint density at radius 3 is 2.84 bits per heavy atom. The van der Waals surface area contributed by atoms with E-state index in [0.717, 1.165) is 24.4 Å². The molecule has 0 aliphatic carbocycles. The Morgan fingerprint density at radius 1 is 1.48 bits per heavy atom. The zero-order valence-electron chi connectivity index (χ0n) is 14.7. The molecular weight excluding hydrogens is 320 g/mol. The van der Waals surface area contributed by atoms with Crippen LogP contribution in [0.15, 0.2) is 18.7 Å². The third-order valence-electron chi connectivity index (χ3n) is 5.09. The molecule has 0 radical (unpaired) electrons. The van der Waals surface area contributed by atoms with Gasteiger partial charge in [0.05, 0.1) is 5.92 Å². The Kier molecular flexibility index (Phi) is 4.49. The molecule has 25 heavy (non-hydrogen) atoms. The lowest BCUT2D eigenvalue weighted by Gasteiger charge is -2.25. The Morgan fingerprint density at radius 2 is 2.24 bits per heavy atom.